The third kappa shape index (κ3) is 4.18. The van der Waals surface area contributed by atoms with Crippen molar-refractivity contribution < 1.29 is 9.47 Å². The number of guanidine groups is 1. The molecule has 0 aromatic heterocycles. The summed E-state index contributed by atoms with van der Waals surface area (Å²) in [5.74, 6) is 1.51. The molecule has 0 bridgehead atoms. The molecular formula is C12H16ClN3O2. The fourth-order valence-corrected chi connectivity index (χ4v) is 1.33. The minimum absolute atomic E-state index is 0.254. The number of nitrogens with one attached hydrogen (secondary N) is 1. The lowest BCUT2D eigenvalue weighted by molar-refractivity contribution is 0.355. The standard InChI is InChI=1S/C12H16ClN3O2/c1-8(13)7-15-12(14)16-9-4-5-10(17-2)11(6-9)18-3/h4-6H,1,7H2,2-3H3,(H3,14,15,16). The lowest BCUT2D eigenvalue weighted by Crippen LogP contribution is -2.22. The van der Waals surface area contributed by atoms with Gasteiger partial charge in [-0.25, -0.2) is 4.99 Å². The third-order valence-corrected chi connectivity index (χ3v) is 2.20. The van der Waals surface area contributed by atoms with Crippen LogP contribution in [0.15, 0.2) is 34.8 Å². The van der Waals surface area contributed by atoms with E-state index in [-0.39, 0.29) is 12.5 Å². The van der Waals surface area contributed by atoms with Crippen molar-refractivity contribution >= 4 is 23.2 Å². The van der Waals surface area contributed by atoms with Gasteiger partial charge in [0.05, 0.1) is 20.8 Å². The normalized spacial score (nSPS) is 10.9. The molecule has 0 saturated carbocycles. The molecule has 0 amide bonds. The topological polar surface area (TPSA) is 68.9 Å². The molecule has 0 aliphatic rings. The van der Waals surface area contributed by atoms with E-state index in [0.717, 1.165) is 5.69 Å². The molecule has 0 unspecified atom stereocenters. The van der Waals surface area contributed by atoms with Gasteiger partial charge in [-0.05, 0) is 12.1 Å². The monoisotopic (exact) mass is 269 g/mol. The predicted octanol–water partition coefficient (Wildman–Crippen LogP) is 2.18. The summed E-state index contributed by atoms with van der Waals surface area (Å²) in [6, 6.07) is 5.34. The van der Waals surface area contributed by atoms with Gasteiger partial charge in [0.25, 0.3) is 0 Å². The first-order valence-corrected chi connectivity index (χ1v) is 5.57. The fourth-order valence-electron chi connectivity index (χ4n) is 1.27. The summed E-state index contributed by atoms with van der Waals surface area (Å²) in [6.07, 6.45) is 0. The summed E-state index contributed by atoms with van der Waals surface area (Å²) in [4.78, 5) is 4.00. The second-order valence-electron chi connectivity index (χ2n) is 3.41. The van der Waals surface area contributed by atoms with Gasteiger partial charge in [0.2, 0.25) is 0 Å². The number of ether oxygens (including phenoxy) is 2. The van der Waals surface area contributed by atoms with Gasteiger partial charge < -0.3 is 20.5 Å². The van der Waals surface area contributed by atoms with Crippen molar-refractivity contribution in [2.24, 2.45) is 10.7 Å². The Kier molecular flexibility index (Phi) is 5.32. The predicted molar refractivity (Wildman–Crippen MR) is 74.7 cm³/mol. The average molecular weight is 270 g/mol. The van der Waals surface area contributed by atoms with Crippen LogP contribution in [0.3, 0.4) is 0 Å². The molecule has 0 atom stereocenters. The number of rotatable bonds is 5. The highest BCUT2D eigenvalue weighted by Gasteiger charge is 2.04. The van der Waals surface area contributed by atoms with Crippen LogP contribution in [0.4, 0.5) is 5.69 Å². The van der Waals surface area contributed by atoms with E-state index in [1.165, 1.54) is 0 Å². The van der Waals surface area contributed by atoms with Gasteiger partial charge >= 0.3 is 0 Å². The second kappa shape index (κ2) is 6.76. The van der Waals surface area contributed by atoms with Crippen LogP contribution in [0.25, 0.3) is 0 Å². The van der Waals surface area contributed by atoms with Crippen molar-refractivity contribution in [1.82, 2.24) is 0 Å². The van der Waals surface area contributed by atoms with Gasteiger partial charge in [-0.1, -0.05) is 18.2 Å². The van der Waals surface area contributed by atoms with Crippen LogP contribution >= 0.6 is 11.6 Å². The number of hydrogen-bond donors (Lipinski definition) is 2. The Morgan fingerprint density at radius 2 is 2.06 bits per heavy atom. The SMILES string of the molecule is C=C(Cl)CN=C(N)Nc1ccc(OC)c(OC)c1. The maximum Gasteiger partial charge on any atom is 0.193 e. The molecule has 0 fully saturated rings. The van der Waals surface area contributed by atoms with Crippen molar-refractivity contribution in [3.8, 4) is 11.5 Å². The van der Waals surface area contributed by atoms with E-state index in [9.17, 15) is 0 Å². The molecule has 1 aromatic carbocycles. The molecule has 18 heavy (non-hydrogen) atoms. The summed E-state index contributed by atoms with van der Waals surface area (Å²) < 4.78 is 10.3. The van der Waals surface area contributed by atoms with Crippen LogP contribution in [-0.4, -0.2) is 26.7 Å². The molecule has 6 heteroatoms. The van der Waals surface area contributed by atoms with E-state index in [4.69, 9.17) is 26.8 Å². The zero-order valence-electron chi connectivity index (χ0n) is 10.4. The van der Waals surface area contributed by atoms with Crippen molar-refractivity contribution in [3.05, 3.63) is 29.8 Å². The van der Waals surface area contributed by atoms with E-state index in [2.05, 4.69) is 16.9 Å². The van der Waals surface area contributed by atoms with E-state index in [1.54, 1.807) is 32.4 Å². The molecule has 1 rings (SSSR count). The molecule has 0 spiro atoms. The molecular weight excluding hydrogens is 254 g/mol. The van der Waals surface area contributed by atoms with Crippen LogP contribution in [0.5, 0.6) is 11.5 Å². The van der Waals surface area contributed by atoms with Crippen molar-refractivity contribution in [3.63, 3.8) is 0 Å². The van der Waals surface area contributed by atoms with E-state index in [0.29, 0.717) is 16.5 Å². The van der Waals surface area contributed by atoms with Crippen molar-refractivity contribution in [2.75, 3.05) is 26.1 Å². The first-order chi connectivity index (χ1) is 8.56. The minimum Gasteiger partial charge on any atom is -0.493 e. The van der Waals surface area contributed by atoms with Gasteiger partial charge in [0, 0.05) is 16.8 Å². The number of nitrogens with two attached hydrogens (primary N) is 1. The molecule has 0 heterocycles. The van der Waals surface area contributed by atoms with Crippen LogP contribution < -0.4 is 20.5 Å². The van der Waals surface area contributed by atoms with Crippen LogP contribution in [0.1, 0.15) is 0 Å². The number of halogens is 1. The zero-order valence-corrected chi connectivity index (χ0v) is 11.1. The lowest BCUT2D eigenvalue weighted by Gasteiger charge is -2.10. The molecule has 1 aromatic rings. The van der Waals surface area contributed by atoms with Crippen molar-refractivity contribution in [2.45, 2.75) is 0 Å². The Morgan fingerprint density at radius 3 is 2.61 bits per heavy atom. The lowest BCUT2D eigenvalue weighted by atomic mass is 10.3. The van der Waals surface area contributed by atoms with Crippen LogP contribution in [0, 0.1) is 0 Å². The van der Waals surface area contributed by atoms with Gasteiger partial charge in [-0.2, -0.15) is 0 Å². The Morgan fingerprint density at radius 1 is 1.39 bits per heavy atom. The van der Waals surface area contributed by atoms with Crippen molar-refractivity contribution in [1.29, 1.82) is 0 Å². The zero-order chi connectivity index (χ0) is 13.5. The first kappa shape index (κ1) is 14.2. The molecule has 0 radical (unpaired) electrons. The third-order valence-electron chi connectivity index (χ3n) is 2.08. The largest absolute Gasteiger partial charge is 0.493 e. The van der Waals surface area contributed by atoms with Gasteiger partial charge in [-0.15, -0.1) is 0 Å². The number of nitrogens with zero attached hydrogens (tertiary/aromatic N) is 1. The second-order valence-corrected chi connectivity index (χ2v) is 3.95. The number of anilines is 1. The van der Waals surface area contributed by atoms with Crippen LogP contribution in [-0.2, 0) is 0 Å². The fraction of sp³-hybridized carbons (Fsp3) is 0.250. The molecule has 3 N–H and O–H groups in total. The highest BCUT2D eigenvalue weighted by atomic mass is 35.5. The quantitative estimate of drug-likeness (QED) is 0.635. The Bertz CT molecular complexity index is 461. The molecule has 0 aliphatic carbocycles. The van der Waals surface area contributed by atoms with Gasteiger partial charge in [0.1, 0.15) is 0 Å². The maximum atomic E-state index is 5.68. The number of methoxy groups -OCH3 is 2. The van der Waals surface area contributed by atoms with Crippen LogP contribution in [0.2, 0.25) is 0 Å². The highest BCUT2D eigenvalue weighted by Crippen LogP contribution is 2.29. The number of hydrogen-bond acceptors (Lipinski definition) is 3. The molecule has 0 saturated heterocycles. The highest BCUT2D eigenvalue weighted by molar-refractivity contribution is 6.29. The summed E-state index contributed by atoms with van der Waals surface area (Å²) >= 11 is 5.59. The summed E-state index contributed by atoms with van der Waals surface area (Å²) in [6.45, 7) is 3.79. The van der Waals surface area contributed by atoms with E-state index < -0.39 is 0 Å². The first-order valence-electron chi connectivity index (χ1n) is 5.19. The average Bonchev–Trinajstić information content (AvgIpc) is 2.36. The molecule has 5 nitrogen and oxygen atoms in total. The summed E-state index contributed by atoms with van der Waals surface area (Å²) in [5, 5.41) is 3.34. The summed E-state index contributed by atoms with van der Waals surface area (Å²) in [5.41, 5.74) is 6.43. The number of benzene rings is 1. The minimum atomic E-state index is 0.254. The maximum absolute atomic E-state index is 5.68. The molecule has 0 aliphatic heterocycles. The number of aliphatic imine (C=N–C) groups is 1. The smallest absolute Gasteiger partial charge is 0.193 e. The Balaban J connectivity index is 2.79. The van der Waals surface area contributed by atoms with Gasteiger partial charge in [0.15, 0.2) is 17.5 Å². The van der Waals surface area contributed by atoms with Gasteiger partial charge in [-0.3, -0.25) is 0 Å². The Labute approximate surface area is 111 Å². The Hall–Kier alpha value is -1.88. The van der Waals surface area contributed by atoms with E-state index in [1.807, 2.05) is 0 Å². The summed E-state index contributed by atoms with van der Waals surface area (Å²) in [7, 11) is 3.14. The van der Waals surface area contributed by atoms with E-state index >= 15 is 0 Å². The molecule has 98 valence electrons.